The Balaban J connectivity index is 2.06. The summed E-state index contributed by atoms with van der Waals surface area (Å²) in [5.74, 6) is 0.248. The Hall–Kier alpha value is -1.75. The summed E-state index contributed by atoms with van der Waals surface area (Å²) in [6, 6.07) is 4.94. The Morgan fingerprint density at radius 1 is 1.47 bits per heavy atom. The van der Waals surface area contributed by atoms with Gasteiger partial charge in [-0.1, -0.05) is 0 Å². The number of carboxylic acids is 1. The van der Waals surface area contributed by atoms with Gasteiger partial charge in [0.15, 0.2) is 0 Å². The molecule has 19 heavy (non-hydrogen) atoms. The Bertz CT molecular complexity index is 441. The number of rotatable bonds is 5. The highest BCUT2D eigenvalue weighted by Gasteiger charge is 2.16. The van der Waals surface area contributed by atoms with Gasteiger partial charge in [0.25, 0.3) is 0 Å². The molecule has 2 rings (SSSR count). The number of ether oxygens (including phenoxy) is 2. The van der Waals surface area contributed by atoms with E-state index in [1.54, 1.807) is 25.3 Å². The highest BCUT2D eigenvalue weighted by atomic mass is 16.5. The first-order valence-electron chi connectivity index (χ1n) is 6.43. The maximum atomic E-state index is 11.2. The lowest BCUT2D eigenvalue weighted by atomic mass is 10.00. The van der Waals surface area contributed by atoms with E-state index < -0.39 is 5.97 Å². The van der Waals surface area contributed by atoms with Crippen LogP contribution in [0, 0.1) is 5.92 Å². The van der Waals surface area contributed by atoms with Crippen molar-refractivity contribution in [2.24, 2.45) is 5.92 Å². The van der Waals surface area contributed by atoms with Gasteiger partial charge in [-0.25, -0.2) is 4.79 Å². The number of hydrogen-bond acceptors (Lipinski definition) is 4. The quantitative estimate of drug-likeness (QED) is 0.854. The Morgan fingerprint density at radius 3 is 2.84 bits per heavy atom. The number of benzene rings is 1. The molecule has 1 aromatic rings. The summed E-state index contributed by atoms with van der Waals surface area (Å²) in [5.41, 5.74) is 0.881. The molecular weight excluding hydrogens is 246 g/mol. The molecule has 0 aliphatic carbocycles. The molecule has 1 aromatic carbocycles. The molecule has 1 fully saturated rings. The summed E-state index contributed by atoms with van der Waals surface area (Å²) in [5, 5.41) is 12.4. The Morgan fingerprint density at radius 2 is 2.21 bits per heavy atom. The fraction of sp³-hybridized carbons (Fsp3) is 0.500. The molecule has 2 N–H and O–H groups in total. The van der Waals surface area contributed by atoms with Crippen molar-refractivity contribution in [3.05, 3.63) is 23.8 Å². The van der Waals surface area contributed by atoms with Crippen molar-refractivity contribution in [3.63, 3.8) is 0 Å². The molecule has 0 atom stereocenters. The zero-order chi connectivity index (χ0) is 13.7. The molecule has 0 bridgehead atoms. The highest BCUT2D eigenvalue weighted by Crippen LogP contribution is 2.24. The molecule has 104 valence electrons. The van der Waals surface area contributed by atoms with Crippen LogP contribution >= 0.6 is 0 Å². The third-order valence-corrected chi connectivity index (χ3v) is 3.38. The molecule has 1 heterocycles. The van der Waals surface area contributed by atoms with E-state index >= 15 is 0 Å². The molecule has 5 heteroatoms. The number of anilines is 1. The van der Waals surface area contributed by atoms with Crippen LogP contribution in [0.4, 0.5) is 5.69 Å². The summed E-state index contributed by atoms with van der Waals surface area (Å²) < 4.78 is 10.4. The van der Waals surface area contributed by atoms with Crippen molar-refractivity contribution in [1.29, 1.82) is 0 Å². The minimum absolute atomic E-state index is 0.271. The van der Waals surface area contributed by atoms with E-state index in [4.69, 9.17) is 14.6 Å². The van der Waals surface area contributed by atoms with Crippen LogP contribution < -0.4 is 10.1 Å². The van der Waals surface area contributed by atoms with Crippen LogP contribution in [0.2, 0.25) is 0 Å². The van der Waals surface area contributed by atoms with E-state index in [0.717, 1.165) is 32.6 Å². The Labute approximate surface area is 112 Å². The predicted octanol–water partition coefficient (Wildman–Crippen LogP) is 2.23. The smallest absolute Gasteiger partial charge is 0.337 e. The molecule has 0 saturated carbocycles. The van der Waals surface area contributed by atoms with Gasteiger partial charge in [0.05, 0.1) is 18.4 Å². The zero-order valence-corrected chi connectivity index (χ0v) is 11.0. The minimum atomic E-state index is -0.933. The Kier molecular flexibility index (Phi) is 4.63. The predicted molar refractivity (Wildman–Crippen MR) is 72.0 cm³/mol. The first-order valence-corrected chi connectivity index (χ1v) is 6.43. The monoisotopic (exact) mass is 265 g/mol. The van der Waals surface area contributed by atoms with Crippen molar-refractivity contribution in [2.45, 2.75) is 12.8 Å². The number of carbonyl (C=O) groups is 1. The van der Waals surface area contributed by atoms with E-state index in [2.05, 4.69) is 5.32 Å². The van der Waals surface area contributed by atoms with Crippen LogP contribution in [-0.4, -0.2) is 37.9 Å². The molecule has 1 aliphatic heterocycles. The second kappa shape index (κ2) is 6.43. The van der Waals surface area contributed by atoms with Crippen LogP contribution in [0.5, 0.6) is 5.75 Å². The van der Waals surface area contributed by atoms with Crippen molar-refractivity contribution in [2.75, 3.05) is 32.2 Å². The molecule has 0 radical (unpaired) electrons. The maximum Gasteiger partial charge on any atom is 0.337 e. The lowest BCUT2D eigenvalue weighted by Gasteiger charge is -2.23. The molecule has 1 aliphatic rings. The largest absolute Gasteiger partial charge is 0.497 e. The van der Waals surface area contributed by atoms with Gasteiger partial charge in [-0.15, -0.1) is 0 Å². The van der Waals surface area contributed by atoms with Crippen LogP contribution in [0.1, 0.15) is 23.2 Å². The first kappa shape index (κ1) is 13.7. The van der Waals surface area contributed by atoms with E-state index in [9.17, 15) is 4.79 Å². The van der Waals surface area contributed by atoms with Crippen LogP contribution in [0.25, 0.3) is 0 Å². The zero-order valence-electron chi connectivity index (χ0n) is 11.0. The summed E-state index contributed by atoms with van der Waals surface area (Å²) >= 11 is 0. The molecule has 0 amide bonds. The summed E-state index contributed by atoms with van der Waals surface area (Å²) in [6.07, 6.45) is 2.03. The third kappa shape index (κ3) is 3.61. The lowest BCUT2D eigenvalue weighted by Crippen LogP contribution is -2.23. The second-order valence-corrected chi connectivity index (χ2v) is 4.65. The van der Waals surface area contributed by atoms with Gasteiger partial charge in [-0.3, -0.25) is 0 Å². The van der Waals surface area contributed by atoms with Crippen LogP contribution in [-0.2, 0) is 4.74 Å². The van der Waals surface area contributed by atoms with Gasteiger partial charge >= 0.3 is 5.97 Å². The SMILES string of the molecule is COc1ccc(C(=O)O)c(NCC2CCOCC2)c1. The molecule has 0 aromatic heterocycles. The maximum absolute atomic E-state index is 11.2. The second-order valence-electron chi connectivity index (χ2n) is 4.65. The number of methoxy groups -OCH3 is 1. The van der Waals surface area contributed by atoms with Gasteiger partial charge in [-0.2, -0.15) is 0 Å². The average Bonchev–Trinajstić information content (AvgIpc) is 2.45. The normalized spacial score (nSPS) is 16.1. The van der Waals surface area contributed by atoms with Gasteiger partial charge in [0, 0.05) is 25.8 Å². The van der Waals surface area contributed by atoms with E-state index in [-0.39, 0.29) is 5.56 Å². The van der Waals surface area contributed by atoms with Crippen LogP contribution in [0.15, 0.2) is 18.2 Å². The molecule has 5 nitrogen and oxygen atoms in total. The summed E-state index contributed by atoms with van der Waals surface area (Å²) in [4.78, 5) is 11.2. The average molecular weight is 265 g/mol. The molecule has 0 spiro atoms. The lowest BCUT2D eigenvalue weighted by molar-refractivity contribution is 0.0689. The van der Waals surface area contributed by atoms with Crippen molar-refractivity contribution >= 4 is 11.7 Å². The molecule has 1 saturated heterocycles. The molecular formula is C14H19NO4. The number of nitrogens with one attached hydrogen (secondary N) is 1. The topological polar surface area (TPSA) is 67.8 Å². The van der Waals surface area contributed by atoms with E-state index in [1.165, 1.54) is 0 Å². The fourth-order valence-electron chi connectivity index (χ4n) is 2.19. The third-order valence-electron chi connectivity index (χ3n) is 3.38. The van der Waals surface area contributed by atoms with Gasteiger partial charge in [-0.05, 0) is 30.9 Å². The number of hydrogen-bond donors (Lipinski definition) is 2. The summed E-state index contributed by atoms with van der Waals surface area (Å²) in [7, 11) is 1.57. The fourth-order valence-corrected chi connectivity index (χ4v) is 2.19. The van der Waals surface area contributed by atoms with Gasteiger partial charge in [0.2, 0.25) is 0 Å². The van der Waals surface area contributed by atoms with E-state index in [1.807, 2.05) is 0 Å². The minimum Gasteiger partial charge on any atom is -0.497 e. The number of carboxylic acid groups (broad SMARTS) is 1. The standard InChI is InChI=1S/C14H19NO4/c1-18-11-2-3-12(14(16)17)13(8-11)15-9-10-4-6-19-7-5-10/h2-3,8,10,15H,4-7,9H2,1H3,(H,16,17). The van der Waals surface area contributed by atoms with Gasteiger partial charge in [0.1, 0.15) is 5.75 Å². The molecule has 0 unspecified atom stereocenters. The van der Waals surface area contributed by atoms with Crippen LogP contribution in [0.3, 0.4) is 0 Å². The highest BCUT2D eigenvalue weighted by molar-refractivity contribution is 5.94. The van der Waals surface area contributed by atoms with Crippen molar-refractivity contribution < 1.29 is 19.4 Å². The first-order chi connectivity index (χ1) is 9.20. The number of aromatic carboxylic acids is 1. The van der Waals surface area contributed by atoms with Crippen molar-refractivity contribution in [3.8, 4) is 5.75 Å². The summed E-state index contributed by atoms with van der Waals surface area (Å²) in [6.45, 7) is 2.34. The van der Waals surface area contributed by atoms with E-state index in [0.29, 0.717) is 17.4 Å². The van der Waals surface area contributed by atoms with Gasteiger partial charge < -0.3 is 19.9 Å². The van der Waals surface area contributed by atoms with Crippen molar-refractivity contribution in [1.82, 2.24) is 0 Å².